The van der Waals surface area contributed by atoms with Crippen molar-refractivity contribution in [3.63, 3.8) is 0 Å². The summed E-state index contributed by atoms with van der Waals surface area (Å²) in [5, 5.41) is 2.46. The molecule has 6 nitrogen and oxygen atoms in total. The maximum Gasteiger partial charge on any atom is 0.308 e. The predicted octanol–water partition coefficient (Wildman–Crippen LogP) is 1.14. The molecule has 1 aromatic carbocycles. The lowest BCUT2D eigenvalue weighted by molar-refractivity contribution is -0.147. The van der Waals surface area contributed by atoms with Gasteiger partial charge in [-0.15, -0.1) is 0 Å². The van der Waals surface area contributed by atoms with Gasteiger partial charge in [0, 0.05) is 6.42 Å². The van der Waals surface area contributed by atoms with Crippen LogP contribution in [-0.4, -0.2) is 23.8 Å². The van der Waals surface area contributed by atoms with Gasteiger partial charge in [-0.05, 0) is 11.5 Å². The van der Waals surface area contributed by atoms with Crippen molar-refractivity contribution in [3.05, 3.63) is 35.9 Å². The minimum absolute atomic E-state index is 0.116. The maximum absolute atomic E-state index is 11.8. The quantitative estimate of drug-likeness (QED) is 0.703. The lowest BCUT2D eigenvalue weighted by Crippen LogP contribution is -2.46. The van der Waals surface area contributed by atoms with Crippen LogP contribution in [0.4, 0.5) is 0 Å². The molecule has 0 heterocycles. The largest absolute Gasteiger partial charge is 0.461 e. The molecule has 0 saturated heterocycles. The fourth-order valence-corrected chi connectivity index (χ4v) is 1.81. The molecule has 0 aliphatic heterocycles. The maximum atomic E-state index is 11.8. The van der Waals surface area contributed by atoms with Gasteiger partial charge in [-0.25, -0.2) is 0 Å². The molecular weight excluding hydrogens is 284 g/mol. The van der Waals surface area contributed by atoms with Crippen LogP contribution < -0.4 is 11.1 Å². The van der Waals surface area contributed by atoms with E-state index in [0.717, 1.165) is 5.56 Å². The lowest BCUT2D eigenvalue weighted by atomic mass is 10.1. The molecule has 0 aromatic heterocycles. The first kappa shape index (κ1) is 17.7. The second-order valence-corrected chi connectivity index (χ2v) is 5.47. The summed E-state index contributed by atoms with van der Waals surface area (Å²) in [6.45, 7) is 3.88. The minimum Gasteiger partial charge on any atom is -0.461 e. The SMILES string of the molecule is CC(C)CC(=O)N[C@@H](CC(=O)OCc1ccccc1)C(N)=O. The molecule has 6 heteroatoms. The Balaban J connectivity index is 2.47. The number of amides is 2. The van der Waals surface area contributed by atoms with Crippen molar-refractivity contribution >= 4 is 17.8 Å². The van der Waals surface area contributed by atoms with Crippen LogP contribution in [0.2, 0.25) is 0 Å². The molecule has 22 heavy (non-hydrogen) atoms. The van der Waals surface area contributed by atoms with Crippen LogP contribution in [-0.2, 0) is 25.7 Å². The zero-order valence-electron chi connectivity index (χ0n) is 12.9. The second-order valence-electron chi connectivity index (χ2n) is 5.47. The molecule has 120 valence electrons. The van der Waals surface area contributed by atoms with Crippen LogP contribution >= 0.6 is 0 Å². The van der Waals surface area contributed by atoms with E-state index in [1.807, 2.05) is 44.2 Å². The Morgan fingerprint density at radius 1 is 1.14 bits per heavy atom. The zero-order chi connectivity index (χ0) is 16.5. The Hall–Kier alpha value is -2.37. The number of carbonyl (C=O) groups is 3. The van der Waals surface area contributed by atoms with E-state index in [2.05, 4.69) is 5.32 Å². The van der Waals surface area contributed by atoms with E-state index in [9.17, 15) is 14.4 Å². The molecule has 0 spiro atoms. The van der Waals surface area contributed by atoms with E-state index in [0.29, 0.717) is 0 Å². The summed E-state index contributed by atoms with van der Waals surface area (Å²) in [4.78, 5) is 34.7. The molecule has 0 saturated carbocycles. The van der Waals surface area contributed by atoms with Gasteiger partial charge < -0.3 is 15.8 Å². The summed E-state index contributed by atoms with van der Waals surface area (Å²) in [6.07, 6.45) is -0.00511. The first-order chi connectivity index (χ1) is 10.4. The van der Waals surface area contributed by atoms with Crippen LogP contribution in [0.3, 0.4) is 0 Å². The van der Waals surface area contributed by atoms with Crippen LogP contribution in [0, 0.1) is 5.92 Å². The Labute approximate surface area is 130 Å². The molecule has 0 bridgehead atoms. The van der Waals surface area contributed by atoms with Gasteiger partial charge in [0.2, 0.25) is 11.8 Å². The van der Waals surface area contributed by atoms with Gasteiger partial charge in [0.05, 0.1) is 6.42 Å². The van der Waals surface area contributed by atoms with Crippen LogP contribution in [0.5, 0.6) is 0 Å². The van der Waals surface area contributed by atoms with E-state index in [1.165, 1.54) is 0 Å². The topological polar surface area (TPSA) is 98.5 Å². The number of primary amides is 1. The van der Waals surface area contributed by atoms with E-state index in [4.69, 9.17) is 10.5 Å². The molecule has 2 amide bonds. The fraction of sp³-hybridized carbons (Fsp3) is 0.438. The van der Waals surface area contributed by atoms with Gasteiger partial charge in [0.15, 0.2) is 0 Å². The predicted molar refractivity (Wildman–Crippen MR) is 81.4 cm³/mol. The summed E-state index contributed by atoms with van der Waals surface area (Å²) < 4.78 is 5.07. The molecule has 0 aliphatic rings. The average molecular weight is 306 g/mol. The van der Waals surface area contributed by atoms with Gasteiger partial charge >= 0.3 is 5.97 Å². The molecule has 1 atom stereocenters. The van der Waals surface area contributed by atoms with Crippen molar-refractivity contribution in [2.75, 3.05) is 0 Å². The Morgan fingerprint density at radius 2 is 1.77 bits per heavy atom. The molecular formula is C16H22N2O4. The Kier molecular flexibility index (Phi) is 7.08. The number of esters is 1. The Bertz CT molecular complexity index is 514. The number of hydrogen-bond donors (Lipinski definition) is 2. The third kappa shape index (κ3) is 6.88. The summed E-state index contributed by atoms with van der Waals surface area (Å²) in [7, 11) is 0. The van der Waals surface area contributed by atoms with Crippen molar-refractivity contribution < 1.29 is 19.1 Å². The highest BCUT2D eigenvalue weighted by molar-refractivity contribution is 5.90. The molecule has 1 rings (SSSR count). The minimum atomic E-state index is -1.05. The average Bonchev–Trinajstić information content (AvgIpc) is 2.44. The number of benzene rings is 1. The van der Waals surface area contributed by atoms with Crippen molar-refractivity contribution in [3.8, 4) is 0 Å². The van der Waals surface area contributed by atoms with Crippen LogP contribution in [0.25, 0.3) is 0 Å². The number of hydrogen-bond acceptors (Lipinski definition) is 4. The van der Waals surface area contributed by atoms with Gasteiger partial charge in [0.25, 0.3) is 0 Å². The van der Waals surface area contributed by atoms with Crippen LogP contribution in [0.1, 0.15) is 32.3 Å². The monoisotopic (exact) mass is 306 g/mol. The third-order valence-corrected chi connectivity index (χ3v) is 2.89. The number of ether oxygens (including phenoxy) is 1. The number of nitrogens with two attached hydrogens (primary N) is 1. The number of rotatable bonds is 8. The first-order valence-corrected chi connectivity index (χ1v) is 7.16. The number of carbonyl (C=O) groups excluding carboxylic acids is 3. The fourth-order valence-electron chi connectivity index (χ4n) is 1.81. The molecule has 1 aromatic rings. The molecule has 0 fully saturated rings. The smallest absolute Gasteiger partial charge is 0.308 e. The van der Waals surface area contributed by atoms with Gasteiger partial charge in [0.1, 0.15) is 12.6 Å². The molecule has 0 unspecified atom stereocenters. The van der Waals surface area contributed by atoms with E-state index < -0.39 is 17.9 Å². The van der Waals surface area contributed by atoms with Gasteiger partial charge in [-0.3, -0.25) is 14.4 Å². The van der Waals surface area contributed by atoms with Crippen molar-refractivity contribution in [1.82, 2.24) is 5.32 Å². The zero-order valence-corrected chi connectivity index (χ0v) is 12.9. The third-order valence-electron chi connectivity index (χ3n) is 2.89. The number of nitrogens with one attached hydrogen (secondary N) is 1. The first-order valence-electron chi connectivity index (χ1n) is 7.16. The molecule has 0 aliphatic carbocycles. The summed E-state index contributed by atoms with van der Waals surface area (Å²) in [5.74, 6) is -1.50. The summed E-state index contributed by atoms with van der Waals surface area (Å²) in [6, 6.07) is 8.13. The van der Waals surface area contributed by atoms with Crippen LogP contribution in [0.15, 0.2) is 30.3 Å². The van der Waals surface area contributed by atoms with Crippen molar-refractivity contribution in [1.29, 1.82) is 0 Å². The summed E-state index contributed by atoms with van der Waals surface area (Å²) in [5.41, 5.74) is 6.05. The van der Waals surface area contributed by atoms with E-state index >= 15 is 0 Å². The molecule has 0 radical (unpaired) electrons. The highest BCUT2D eigenvalue weighted by Gasteiger charge is 2.22. The van der Waals surface area contributed by atoms with Gasteiger partial charge in [-0.2, -0.15) is 0 Å². The highest BCUT2D eigenvalue weighted by atomic mass is 16.5. The Morgan fingerprint density at radius 3 is 2.32 bits per heavy atom. The lowest BCUT2D eigenvalue weighted by Gasteiger charge is -2.15. The van der Waals surface area contributed by atoms with Crippen molar-refractivity contribution in [2.24, 2.45) is 11.7 Å². The normalized spacial score (nSPS) is 11.8. The van der Waals surface area contributed by atoms with E-state index in [1.54, 1.807) is 0 Å². The highest BCUT2D eigenvalue weighted by Crippen LogP contribution is 2.04. The van der Waals surface area contributed by atoms with E-state index in [-0.39, 0.29) is 31.3 Å². The summed E-state index contributed by atoms with van der Waals surface area (Å²) >= 11 is 0. The second kappa shape index (κ2) is 8.81. The molecule has 3 N–H and O–H groups in total. The van der Waals surface area contributed by atoms with Crippen molar-refractivity contribution in [2.45, 2.75) is 39.3 Å². The van der Waals surface area contributed by atoms with Gasteiger partial charge in [-0.1, -0.05) is 44.2 Å². The standard InChI is InChI=1S/C16H22N2O4/c1-11(2)8-14(19)18-13(16(17)21)9-15(20)22-10-12-6-4-3-5-7-12/h3-7,11,13H,8-10H2,1-2H3,(H2,17,21)(H,18,19)/t13-/m0/s1.